The number of rotatable bonds is 0. The van der Waals surface area contributed by atoms with Gasteiger partial charge in [0.2, 0.25) is 0 Å². The number of hydrogen-bond donors (Lipinski definition) is 0. The Morgan fingerprint density at radius 3 is 3.07 bits per heavy atom. The van der Waals surface area contributed by atoms with Gasteiger partial charge in [-0.15, -0.1) is 0 Å². The lowest BCUT2D eigenvalue weighted by Gasteiger charge is -2.52. The van der Waals surface area contributed by atoms with E-state index in [-0.39, 0.29) is 0 Å². The monoisotopic (exact) mass is 205 g/mol. The molecule has 0 bridgehead atoms. The fourth-order valence-electron chi connectivity index (χ4n) is 4.10. The van der Waals surface area contributed by atoms with Gasteiger partial charge >= 0.3 is 0 Å². The van der Waals surface area contributed by atoms with Crippen molar-refractivity contribution in [3.05, 3.63) is 12.2 Å². The van der Waals surface area contributed by atoms with Crippen LogP contribution < -0.4 is 0 Å². The van der Waals surface area contributed by atoms with Gasteiger partial charge in [-0.25, -0.2) is 0 Å². The first-order chi connectivity index (χ1) is 7.36. The zero-order valence-corrected chi connectivity index (χ0v) is 9.86. The predicted octanol–water partition coefficient (Wildman–Crippen LogP) is 3.22. The largest absolute Gasteiger partial charge is 0.297 e. The summed E-state index contributed by atoms with van der Waals surface area (Å²) in [4.78, 5) is 2.86. The molecule has 3 rings (SSSR count). The van der Waals surface area contributed by atoms with E-state index in [0.717, 1.165) is 23.9 Å². The Kier molecular flexibility index (Phi) is 2.59. The Hall–Kier alpha value is -0.300. The van der Waals surface area contributed by atoms with Crippen LogP contribution in [0.4, 0.5) is 0 Å². The van der Waals surface area contributed by atoms with E-state index >= 15 is 0 Å². The van der Waals surface area contributed by atoms with Gasteiger partial charge in [-0.2, -0.15) is 0 Å². The van der Waals surface area contributed by atoms with Gasteiger partial charge in [-0.3, -0.25) is 4.90 Å². The van der Waals surface area contributed by atoms with Crippen LogP contribution in [-0.4, -0.2) is 23.5 Å². The van der Waals surface area contributed by atoms with E-state index in [0.29, 0.717) is 0 Å². The number of hydrogen-bond acceptors (Lipinski definition) is 1. The first-order valence-electron chi connectivity index (χ1n) is 6.78. The van der Waals surface area contributed by atoms with E-state index < -0.39 is 0 Å². The van der Waals surface area contributed by atoms with Gasteiger partial charge in [0.05, 0.1) is 0 Å². The fourth-order valence-corrected chi connectivity index (χ4v) is 4.10. The van der Waals surface area contributed by atoms with Crippen molar-refractivity contribution < 1.29 is 0 Å². The quantitative estimate of drug-likeness (QED) is 0.549. The highest BCUT2D eigenvalue weighted by Crippen LogP contribution is 2.41. The number of nitrogens with zero attached hydrogens (tertiary/aromatic N) is 1. The van der Waals surface area contributed by atoms with Gasteiger partial charge in [0, 0.05) is 12.1 Å². The van der Waals surface area contributed by atoms with Crippen molar-refractivity contribution in [2.75, 3.05) is 6.54 Å². The summed E-state index contributed by atoms with van der Waals surface area (Å²) in [6.07, 6.45) is 13.5. The van der Waals surface area contributed by atoms with Gasteiger partial charge < -0.3 is 0 Å². The molecule has 0 aromatic carbocycles. The Balaban J connectivity index is 1.83. The molecule has 4 atom stereocenters. The molecular weight excluding hydrogens is 182 g/mol. The second-order valence-corrected chi connectivity index (χ2v) is 5.75. The average Bonchev–Trinajstić information content (AvgIpc) is 2.30. The summed E-state index contributed by atoms with van der Waals surface area (Å²) in [6, 6.07) is 1.82. The molecule has 1 aliphatic carbocycles. The van der Waals surface area contributed by atoms with Crippen molar-refractivity contribution in [1.82, 2.24) is 4.90 Å². The van der Waals surface area contributed by atoms with E-state index in [2.05, 4.69) is 24.0 Å². The van der Waals surface area contributed by atoms with Crippen LogP contribution in [0.15, 0.2) is 12.2 Å². The molecule has 2 aliphatic heterocycles. The van der Waals surface area contributed by atoms with Gasteiger partial charge in [0.25, 0.3) is 0 Å². The smallest absolute Gasteiger partial charge is 0.0166 e. The minimum Gasteiger partial charge on any atom is -0.297 e. The van der Waals surface area contributed by atoms with Crippen molar-refractivity contribution in [3.63, 3.8) is 0 Å². The van der Waals surface area contributed by atoms with Crippen molar-refractivity contribution >= 4 is 0 Å². The molecule has 2 heterocycles. The maximum absolute atomic E-state index is 2.86. The Morgan fingerprint density at radius 2 is 2.13 bits per heavy atom. The van der Waals surface area contributed by atoms with Gasteiger partial charge in [0.1, 0.15) is 0 Å². The normalized spacial score (nSPS) is 45.9. The summed E-state index contributed by atoms with van der Waals surface area (Å²) in [5.74, 6) is 1.79. The fraction of sp³-hybridized carbons (Fsp3) is 0.857. The highest BCUT2D eigenvalue weighted by atomic mass is 15.2. The first-order valence-corrected chi connectivity index (χ1v) is 6.78. The molecule has 1 nitrogen and oxygen atoms in total. The maximum Gasteiger partial charge on any atom is 0.0166 e. The SMILES string of the molecule is CC1CC2CCCCN2C2CCC=CC12. The van der Waals surface area contributed by atoms with Crippen LogP contribution in [0.3, 0.4) is 0 Å². The van der Waals surface area contributed by atoms with Crippen LogP contribution >= 0.6 is 0 Å². The van der Waals surface area contributed by atoms with Crippen molar-refractivity contribution in [1.29, 1.82) is 0 Å². The summed E-state index contributed by atoms with van der Waals surface area (Å²) < 4.78 is 0. The minimum absolute atomic E-state index is 0.869. The van der Waals surface area contributed by atoms with Crippen LogP contribution in [0.1, 0.15) is 45.4 Å². The number of fused-ring (bicyclic) bond motifs is 3. The van der Waals surface area contributed by atoms with Crippen LogP contribution in [0.5, 0.6) is 0 Å². The highest BCUT2D eigenvalue weighted by Gasteiger charge is 2.41. The number of piperidine rings is 2. The summed E-state index contributed by atoms with van der Waals surface area (Å²) in [5, 5.41) is 0. The van der Waals surface area contributed by atoms with Crippen LogP contribution in [0.25, 0.3) is 0 Å². The van der Waals surface area contributed by atoms with Crippen molar-refractivity contribution in [3.8, 4) is 0 Å². The maximum atomic E-state index is 2.86. The third kappa shape index (κ3) is 1.65. The van der Waals surface area contributed by atoms with Crippen molar-refractivity contribution in [2.45, 2.75) is 57.5 Å². The molecule has 4 unspecified atom stereocenters. The van der Waals surface area contributed by atoms with Crippen LogP contribution in [-0.2, 0) is 0 Å². The Morgan fingerprint density at radius 1 is 1.20 bits per heavy atom. The predicted molar refractivity (Wildman–Crippen MR) is 63.8 cm³/mol. The second kappa shape index (κ2) is 3.93. The lowest BCUT2D eigenvalue weighted by molar-refractivity contribution is -0.00458. The van der Waals surface area contributed by atoms with E-state index in [1.54, 1.807) is 0 Å². The lowest BCUT2D eigenvalue weighted by atomic mass is 9.72. The zero-order chi connectivity index (χ0) is 10.3. The topological polar surface area (TPSA) is 3.24 Å². The molecule has 84 valence electrons. The Bertz CT molecular complexity index is 258. The van der Waals surface area contributed by atoms with E-state index in [4.69, 9.17) is 0 Å². The zero-order valence-electron chi connectivity index (χ0n) is 9.86. The van der Waals surface area contributed by atoms with E-state index in [9.17, 15) is 0 Å². The molecule has 0 N–H and O–H groups in total. The van der Waals surface area contributed by atoms with E-state index in [1.165, 1.54) is 45.1 Å². The molecule has 2 saturated heterocycles. The molecule has 0 radical (unpaired) electrons. The number of allylic oxidation sites excluding steroid dienone is 1. The van der Waals surface area contributed by atoms with Crippen LogP contribution in [0, 0.1) is 11.8 Å². The molecule has 3 aliphatic rings. The molecule has 1 heteroatoms. The molecule has 0 aromatic heterocycles. The minimum atomic E-state index is 0.869. The summed E-state index contributed by atoms with van der Waals surface area (Å²) in [6.45, 7) is 3.85. The molecular formula is C14H23N. The molecule has 0 amide bonds. The second-order valence-electron chi connectivity index (χ2n) is 5.75. The van der Waals surface area contributed by atoms with Gasteiger partial charge in [0.15, 0.2) is 0 Å². The molecule has 15 heavy (non-hydrogen) atoms. The first kappa shape index (κ1) is 9.89. The van der Waals surface area contributed by atoms with Gasteiger partial charge in [-0.1, -0.05) is 25.5 Å². The summed E-state index contributed by atoms with van der Waals surface area (Å²) in [5.41, 5.74) is 0. The Labute approximate surface area is 93.5 Å². The van der Waals surface area contributed by atoms with Crippen LogP contribution in [0.2, 0.25) is 0 Å². The average molecular weight is 205 g/mol. The standard InChI is InChI=1S/C14H23N/c1-11-10-12-6-4-5-9-15(12)14-8-3-2-7-13(11)14/h2,7,11-14H,3-6,8-10H2,1H3. The molecule has 0 spiro atoms. The lowest BCUT2D eigenvalue weighted by Crippen LogP contribution is -2.55. The van der Waals surface area contributed by atoms with Gasteiger partial charge in [-0.05, 0) is 50.5 Å². The summed E-state index contributed by atoms with van der Waals surface area (Å²) in [7, 11) is 0. The van der Waals surface area contributed by atoms with E-state index in [1.807, 2.05) is 0 Å². The highest BCUT2D eigenvalue weighted by molar-refractivity contribution is 5.07. The molecule has 0 saturated carbocycles. The molecule has 0 aromatic rings. The third-order valence-electron chi connectivity index (χ3n) is 4.83. The molecule has 2 fully saturated rings. The van der Waals surface area contributed by atoms with Crippen molar-refractivity contribution in [2.24, 2.45) is 11.8 Å². The summed E-state index contributed by atoms with van der Waals surface area (Å²) >= 11 is 0. The third-order valence-corrected chi connectivity index (χ3v) is 4.83.